The quantitative estimate of drug-likeness (QED) is 0.746. The molecule has 2 heteroatoms. The fraction of sp³-hybridized carbons (Fsp3) is 0.364. The Labute approximate surface area is 79.0 Å². The molecule has 0 spiro atoms. The van der Waals surface area contributed by atoms with Crippen molar-refractivity contribution in [2.24, 2.45) is 5.73 Å². The van der Waals surface area contributed by atoms with Gasteiger partial charge in [0.05, 0.1) is 18.0 Å². The van der Waals surface area contributed by atoms with Crippen LogP contribution in [0.3, 0.4) is 0 Å². The second kappa shape index (κ2) is 3.59. The molecule has 2 nitrogen and oxygen atoms in total. The molecule has 0 heterocycles. The maximum atomic E-state index is 8.62. The minimum Gasteiger partial charge on any atom is -0.321 e. The average molecular weight is 174 g/mol. The van der Waals surface area contributed by atoms with Crippen LogP contribution < -0.4 is 5.73 Å². The van der Waals surface area contributed by atoms with E-state index in [1.807, 2.05) is 38.1 Å². The van der Waals surface area contributed by atoms with Crippen LogP contribution in [0.25, 0.3) is 0 Å². The summed E-state index contributed by atoms with van der Waals surface area (Å²) in [7, 11) is 0. The van der Waals surface area contributed by atoms with Crippen molar-refractivity contribution in [3.63, 3.8) is 0 Å². The Morgan fingerprint density at radius 3 is 2.62 bits per heavy atom. The van der Waals surface area contributed by atoms with Gasteiger partial charge in [0.2, 0.25) is 0 Å². The summed E-state index contributed by atoms with van der Waals surface area (Å²) in [6, 6.07) is 10.0. The SMILES string of the molecule is Cc1ccccc1[C@](C)(N)CC#N. The van der Waals surface area contributed by atoms with Gasteiger partial charge in [-0.2, -0.15) is 5.26 Å². The summed E-state index contributed by atoms with van der Waals surface area (Å²) in [6.07, 6.45) is 0.345. The zero-order valence-electron chi connectivity index (χ0n) is 8.04. The van der Waals surface area contributed by atoms with E-state index in [1.165, 1.54) is 0 Å². The van der Waals surface area contributed by atoms with Crippen LogP contribution in [-0.2, 0) is 5.54 Å². The predicted molar refractivity (Wildman–Crippen MR) is 52.9 cm³/mol. The van der Waals surface area contributed by atoms with Crippen LogP contribution in [0, 0.1) is 18.3 Å². The Morgan fingerprint density at radius 2 is 2.08 bits per heavy atom. The summed E-state index contributed by atoms with van der Waals surface area (Å²) in [6.45, 7) is 3.90. The first-order chi connectivity index (χ1) is 6.08. The average Bonchev–Trinajstić information content (AvgIpc) is 2.04. The highest BCUT2D eigenvalue weighted by Crippen LogP contribution is 2.23. The number of nitrogens with zero attached hydrogens (tertiary/aromatic N) is 1. The van der Waals surface area contributed by atoms with Gasteiger partial charge in [0.15, 0.2) is 0 Å². The number of hydrogen-bond donors (Lipinski definition) is 1. The minimum absolute atomic E-state index is 0.345. The third-order valence-electron chi connectivity index (χ3n) is 2.21. The van der Waals surface area contributed by atoms with Crippen molar-refractivity contribution in [3.8, 4) is 6.07 Å². The van der Waals surface area contributed by atoms with Gasteiger partial charge in [-0.25, -0.2) is 0 Å². The Balaban J connectivity index is 3.08. The zero-order chi connectivity index (χ0) is 9.90. The number of aryl methyl sites for hydroxylation is 1. The molecule has 0 aliphatic rings. The normalized spacial score (nSPS) is 14.6. The van der Waals surface area contributed by atoms with E-state index in [2.05, 4.69) is 6.07 Å². The molecule has 0 saturated carbocycles. The van der Waals surface area contributed by atoms with E-state index in [-0.39, 0.29) is 0 Å². The lowest BCUT2D eigenvalue weighted by Crippen LogP contribution is -2.33. The third-order valence-corrected chi connectivity index (χ3v) is 2.21. The van der Waals surface area contributed by atoms with Crippen molar-refractivity contribution in [2.75, 3.05) is 0 Å². The lowest BCUT2D eigenvalue weighted by Gasteiger charge is -2.23. The van der Waals surface area contributed by atoms with Crippen LogP contribution in [0.4, 0.5) is 0 Å². The van der Waals surface area contributed by atoms with Gasteiger partial charge in [0.1, 0.15) is 0 Å². The highest BCUT2D eigenvalue weighted by atomic mass is 14.7. The standard InChI is InChI=1S/C11H14N2/c1-9-5-3-4-6-10(9)11(2,13)7-8-12/h3-6H,7,13H2,1-2H3/t11-/m1/s1. The monoisotopic (exact) mass is 174 g/mol. The van der Waals surface area contributed by atoms with Gasteiger partial charge >= 0.3 is 0 Å². The number of nitrogens with two attached hydrogens (primary N) is 1. The zero-order valence-corrected chi connectivity index (χ0v) is 8.04. The number of rotatable bonds is 2. The van der Waals surface area contributed by atoms with Crippen LogP contribution >= 0.6 is 0 Å². The van der Waals surface area contributed by atoms with Gasteiger partial charge in [-0.05, 0) is 25.0 Å². The van der Waals surface area contributed by atoms with Gasteiger partial charge < -0.3 is 5.73 Å². The molecular formula is C11H14N2. The molecule has 1 aromatic rings. The second-order valence-electron chi connectivity index (χ2n) is 3.57. The first kappa shape index (κ1) is 9.76. The van der Waals surface area contributed by atoms with Crippen molar-refractivity contribution in [2.45, 2.75) is 25.8 Å². The first-order valence-electron chi connectivity index (χ1n) is 4.30. The van der Waals surface area contributed by atoms with Crippen LogP contribution in [0.15, 0.2) is 24.3 Å². The van der Waals surface area contributed by atoms with Gasteiger partial charge in [-0.15, -0.1) is 0 Å². The van der Waals surface area contributed by atoms with Gasteiger partial charge in [0, 0.05) is 0 Å². The molecule has 0 aliphatic heterocycles. The first-order valence-corrected chi connectivity index (χ1v) is 4.30. The number of hydrogen-bond acceptors (Lipinski definition) is 2. The summed E-state index contributed by atoms with van der Waals surface area (Å²) in [5.41, 5.74) is 7.69. The lowest BCUT2D eigenvalue weighted by atomic mass is 9.87. The molecule has 1 rings (SSSR count). The fourth-order valence-electron chi connectivity index (χ4n) is 1.47. The maximum Gasteiger partial charge on any atom is 0.0644 e. The Bertz CT molecular complexity index is 334. The largest absolute Gasteiger partial charge is 0.321 e. The minimum atomic E-state index is -0.528. The van der Waals surface area contributed by atoms with Gasteiger partial charge in [-0.3, -0.25) is 0 Å². The van der Waals surface area contributed by atoms with Crippen LogP contribution in [0.2, 0.25) is 0 Å². The van der Waals surface area contributed by atoms with Crippen molar-refractivity contribution < 1.29 is 0 Å². The predicted octanol–water partition coefficient (Wildman–Crippen LogP) is 2.08. The van der Waals surface area contributed by atoms with Gasteiger partial charge in [0.25, 0.3) is 0 Å². The van der Waals surface area contributed by atoms with E-state index >= 15 is 0 Å². The molecule has 0 radical (unpaired) electrons. The molecule has 1 atom stereocenters. The molecule has 0 bridgehead atoms. The van der Waals surface area contributed by atoms with E-state index in [0.29, 0.717) is 6.42 Å². The highest BCUT2D eigenvalue weighted by molar-refractivity contribution is 5.32. The van der Waals surface area contributed by atoms with Crippen molar-refractivity contribution >= 4 is 0 Å². The topological polar surface area (TPSA) is 49.8 Å². The van der Waals surface area contributed by atoms with E-state index in [9.17, 15) is 0 Å². The molecule has 0 aliphatic carbocycles. The van der Waals surface area contributed by atoms with Crippen LogP contribution in [0.1, 0.15) is 24.5 Å². The van der Waals surface area contributed by atoms with E-state index < -0.39 is 5.54 Å². The lowest BCUT2D eigenvalue weighted by molar-refractivity contribution is 0.504. The van der Waals surface area contributed by atoms with E-state index in [1.54, 1.807) is 0 Å². The Morgan fingerprint density at radius 1 is 1.46 bits per heavy atom. The maximum absolute atomic E-state index is 8.62. The molecular weight excluding hydrogens is 160 g/mol. The molecule has 68 valence electrons. The molecule has 1 aromatic carbocycles. The Kier molecular flexibility index (Phi) is 2.69. The van der Waals surface area contributed by atoms with Crippen molar-refractivity contribution in [1.29, 1.82) is 5.26 Å². The fourth-order valence-corrected chi connectivity index (χ4v) is 1.47. The summed E-state index contributed by atoms with van der Waals surface area (Å²) in [5.74, 6) is 0. The smallest absolute Gasteiger partial charge is 0.0644 e. The van der Waals surface area contributed by atoms with Crippen LogP contribution in [0.5, 0.6) is 0 Å². The number of nitriles is 1. The molecule has 0 unspecified atom stereocenters. The Hall–Kier alpha value is -1.33. The third kappa shape index (κ3) is 2.07. The summed E-state index contributed by atoms with van der Waals surface area (Å²) in [5, 5.41) is 8.62. The van der Waals surface area contributed by atoms with E-state index in [0.717, 1.165) is 11.1 Å². The van der Waals surface area contributed by atoms with E-state index in [4.69, 9.17) is 11.0 Å². The second-order valence-corrected chi connectivity index (χ2v) is 3.57. The molecule has 2 N–H and O–H groups in total. The van der Waals surface area contributed by atoms with Crippen LogP contribution in [-0.4, -0.2) is 0 Å². The molecule has 0 fully saturated rings. The summed E-state index contributed by atoms with van der Waals surface area (Å²) < 4.78 is 0. The van der Waals surface area contributed by atoms with Crippen molar-refractivity contribution in [1.82, 2.24) is 0 Å². The molecule has 0 amide bonds. The highest BCUT2D eigenvalue weighted by Gasteiger charge is 2.21. The number of benzene rings is 1. The molecule has 0 saturated heterocycles. The molecule has 0 aromatic heterocycles. The summed E-state index contributed by atoms with van der Waals surface area (Å²) >= 11 is 0. The summed E-state index contributed by atoms with van der Waals surface area (Å²) in [4.78, 5) is 0. The van der Waals surface area contributed by atoms with Crippen molar-refractivity contribution in [3.05, 3.63) is 35.4 Å². The van der Waals surface area contributed by atoms with Gasteiger partial charge in [-0.1, -0.05) is 24.3 Å². The molecule has 13 heavy (non-hydrogen) atoms.